The number of benzene rings is 1. The van der Waals surface area contributed by atoms with Crippen LogP contribution in [0.5, 0.6) is 0 Å². The summed E-state index contributed by atoms with van der Waals surface area (Å²) in [6.07, 6.45) is 0. The number of nitrogens with one attached hydrogen (secondary N) is 1. The Morgan fingerprint density at radius 2 is 2.09 bits per heavy atom. The summed E-state index contributed by atoms with van der Waals surface area (Å²) < 4.78 is 31.6. The van der Waals surface area contributed by atoms with Crippen LogP contribution in [0.4, 0.5) is 8.78 Å². The number of aromatic amines is 1. The molecule has 0 fully saturated rings. The van der Waals surface area contributed by atoms with Crippen molar-refractivity contribution in [3.63, 3.8) is 0 Å². The summed E-state index contributed by atoms with van der Waals surface area (Å²) >= 11 is 2.85. The zero-order chi connectivity index (χ0) is 15.8. The number of rotatable bonds is 4. The molecule has 1 N–H and O–H groups in total. The van der Waals surface area contributed by atoms with Crippen LogP contribution in [-0.2, 0) is 5.75 Å². The van der Waals surface area contributed by atoms with Crippen molar-refractivity contribution in [2.45, 2.75) is 10.9 Å². The third-order valence-corrected chi connectivity index (χ3v) is 4.77. The van der Waals surface area contributed by atoms with Crippen molar-refractivity contribution >= 4 is 34.1 Å². The Bertz CT molecular complexity index is 926. The van der Waals surface area contributed by atoms with E-state index >= 15 is 0 Å². The Morgan fingerprint density at radius 3 is 2.91 bits per heavy atom. The molecule has 0 amide bonds. The number of fused-ring (bicyclic) bond motifs is 1. The number of nitrogens with zero attached hydrogens (tertiary/aromatic N) is 3. The molecular formula is C14H8F2N4OS2. The highest BCUT2D eigenvalue weighted by atomic mass is 32.2. The Labute approximate surface area is 136 Å². The lowest BCUT2D eigenvalue weighted by Crippen LogP contribution is -1.84. The average molecular weight is 350 g/mol. The summed E-state index contributed by atoms with van der Waals surface area (Å²) in [5.41, 5.74) is 0.817. The third-order valence-electron chi connectivity index (χ3n) is 3.04. The summed E-state index contributed by atoms with van der Waals surface area (Å²) in [6.45, 7) is 0. The molecule has 0 saturated heterocycles. The fourth-order valence-corrected chi connectivity index (χ4v) is 3.37. The average Bonchev–Trinajstić information content (AvgIpc) is 3.25. The second-order valence-electron chi connectivity index (χ2n) is 4.61. The summed E-state index contributed by atoms with van der Waals surface area (Å²) in [5.74, 6) is -0.393. The van der Waals surface area contributed by atoms with Gasteiger partial charge in [-0.25, -0.2) is 13.8 Å². The summed E-state index contributed by atoms with van der Waals surface area (Å²) in [7, 11) is 0. The minimum absolute atomic E-state index is 0.374. The molecular weight excluding hydrogens is 342 g/mol. The van der Waals surface area contributed by atoms with Crippen LogP contribution < -0.4 is 0 Å². The van der Waals surface area contributed by atoms with Crippen molar-refractivity contribution in [3.05, 3.63) is 47.1 Å². The lowest BCUT2D eigenvalue weighted by atomic mass is 10.3. The van der Waals surface area contributed by atoms with Crippen molar-refractivity contribution in [3.8, 4) is 10.8 Å². The molecule has 4 rings (SSSR count). The van der Waals surface area contributed by atoms with Crippen molar-refractivity contribution in [2.24, 2.45) is 0 Å². The lowest BCUT2D eigenvalue weighted by molar-refractivity contribution is 0.426. The first-order valence-electron chi connectivity index (χ1n) is 6.53. The van der Waals surface area contributed by atoms with Gasteiger partial charge in [-0.2, -0.15) is 4.98 Å². The maximum absolute atomic E-state index is 13.2. The number of halogens is 2. The number of hydrogen-bond donors (Lipinski definition) is 1. The summed E-state index contributed by atoms with van der Waals surface area (Å²) in [6, 6.07) is 5.96. The van der Waals surface area contributed by atoms with Gasteiger partial charge in [-0.05, 0) is 11.4 Å². The number of aromatic nitrogens is 4. The largest absolute Gasteiger partial charge is 0.333 e. The Hall–Kier alpha value is -2.26. The molecule has 0 aliphatic carbocycles. The van der Waals surface area contributed by atoms with Crippen LogP contribution in [0, 0.1) is 11.6 Å². The Balaban J connectivity index is 1.51. The van der Waals surface area contributed by atoms with Gasteiger partial charge in [0, 0.05) is 12.1 Å². The normalized spacial score (nSPS) is 11.4. The zero-order valence-corrected chi connectivity index (χ0v) is 13.0. The second-order valence-corrected chi connectivity index (χ2v) is 6.52. The van der Waals surface area contributed by atoms with E-state index in [2.05, 4.69) is 20.1 Å². The number of imidazole rings is 1. The molecule has 3 aromatic heterocycles. The molecule has 0 radical (unpaired) electrons. The van der Waals surface area contributed by atoms with Gasteiger partial charge in [0.2, 0.25) is 0 Å². The maximum Gasteiger partial charge on any atom is 0.268 e. The number of thioether (sulfide) groups is 1. The molecule has 5 nitrogen and oxygen atoms in total. The highest BCUT2D eigenvalue weighted by Crippen LogP contribution is 2.26. The van der Waals surface area contributed by atoms with Crippen molar-refractivity contribution in [2.75, 3.05) is 0 Å². The molecule has 0 bridgehead atoms. The topological polar surface area (TPSA) is 67.6 Å². The molecule has 4 aromatic rings. The molecule has 0 aliphatic rings. The first kappa shape index (κ1) is 14.3. The van der Waals surface area contributed by atoms with Gasteiger partial charge in [0.05, 0.1) is 21.7 Å². The van der Waals surface area contributed by atoms with E-state index < -0.39 is 11.6 Å². The molecule has 9 heteroatoms. The Morgan fingerprint density at radius 1 is 1.22 bits per heavy atom. The van der Waals surface area contributed by atoms with Crippen LogP contribution >= 0.6 is 23.1 Å². The molecule has 0 aliphatic heterocycles. The van der Waals surface area contributed by atoms with Gasteiger partial charge in [-0.1, -0.05) is 23.0 Å². The van der Waals surface area contributed by atoms with Crippen molar-refractivity contribution in [1.29, 1.82) is 0 Å². The fourth-order valence-electron chi connectivity index (χ4n) is 2.00. The maximum atomic E-state index is 13.2. The number of H-pyrrole nitrogens is 1. The minimum atomic E-state index is -0.917. The minimum Gasteiger partial charge on any atom is -0.333 e. The van der Waals surface area contributed by atoms with E-state index in [-0.39, 0.29) is 0 Å². The van der Waals surface area contributed by atoms with E-state index in [0.717, 1.165) is 17.0 Å². The SMILES string of the molecule is Fc1cc2nc(SCc3noc(-c4cccs4)n3)[nH]c2cc1F. The van der Waals surface area contributed by atoms with Gasteiger partial charge in [0.25, 0.3) is 5.89 Å². The van der Waals surface area contributed by atoms with Gasteiger partial charge in [0.1, 0.15) is 0 Å². The molecule has 23 heavy (non-hydrogen) atoms. The smallest absolute Gasteiger partial charge is 0.268 e. The van der Waals surface area contributed by atoms with Crippen LogP contribution in [0.3, 0.4) is 0 Å². The number of thiophene rings is 1. The van der Waals surface area contributed by atoms with Crippen LogP contribution in [0.1, 0.15) is 5.82 Å². The standard InChI is InChI=1S/C14H8F2N4OS2/c15-7-4-9-10(5-8(7)16)18-14(17-9)23-6-12-19-13(21-20-12)11-2-1-3-22-11/h1-5H,6H2,(H,17,18). The lowest BCUT2D eigenvalue weighted by Gasteiger charge is -1.91. The van der Waals surface area contributed by atoms with Crippen molar-refractivity contribution in [1.82, 2.24) is 20.1 Å². The first-order valence-corrected chi connectivity index (χ1v) is 8.39. The zero-order valence-electron chi connectivity index (χ0n) is 11.4. The van der Waals surface area contributed by atoms with E-state index in [4.69, 9.17) is 4.52 Å². The fraction of sp³-hybridized carbons (Fsp3) is 0.0714. The highest BCUT2D eigenvalue weighted by Gasteiger charge is 2.12. The monoisotopic (exact) mass is 350 g/mol. The predicted octanol–water partition coefficient (Wildman–Crippen LogP) is 4.24. The van der Waals surface area contributed by atoms with Gasteiger partial charge in [0.15, 0.2) is 22.6 Å². The molecule has 0 spiro atoms. The van der Waals surface area contributed by atoms with Gasteiger partial charge in [-0.3, -0.25) is 0 Å². The van der Waals surface area contributed by atoms with Gasteiger partial charge < -0.3 is 9.51 Å². The molecule has 3 heterocycles. The molecule has 116 valence electrons. The van der Waals surface area contributed by atoms with E-state index in [1.807, 2.05) is 17.5 Å². The number of hydrogen-bond acceptors (Lipinski definition) is 6. The molecule has 0 saturated carbocycles. The van der Waals surface area contributed by atoms with E-state index in [0.29, 0.717) is 33.7 Å². The van der Waals surface area contributed by atoms with Crippen LogP contribution in [0.2, 0.25) is 0 Å². The quantitative estimate of drug-likeness (QED) is 0.558. The molecule has 0 atom stereocenters. The van der Waals surface area contributed by atoms with Crippen LogP contribution in [0.15, 0.2) is 39.3 Å². The Kier molecular flexibility index (Phi) is 3.58. The summed E-state index contributed by atoms with van der Waals surface area (Å²) in [4.78, 5) is 12.3. The van der Waals surface area contributed by atoms with Crippen molar-refractivity contribution < 1.29 is 13.3 Å². The first-order chi connectivity index (χ1) is 11.2. The summed E-state index contributed by atoms with van der Waals surface area (Å²) in [5, 5.41) is 6.37. The van der Waals surface area contributed by atoms with Gasteiger partial charge in [-0.15, -0.1) is 11.3 Å². The van der Waals surface area contributed by atoms with Crippen LogP contribution in [0.25, 0.3) is 21.8 Å². The van der Waals surface area contributed by atoms with E-state index in [1.165, 1.54) is 23.1 Å². The predicted molar refractivity (Wildman–Crippen MR) is 83.2 cm³/mol. The third kappa shape index (κ3) is 2.84. The van der Waals surface area contributed by atoms with E-state index in [9.17, 15) is 8.78 Å². The van der Waals surface area contributed by atoms with Gasteiger partial charge >= 0.3 is 0 Å². The second kappa shape index (κ2) is 5.74. The highest BCUT2D eigenvalue weighted by molar-refractivity contribution is 7.98. The van der Waals surface area contributed by atoms with Crippen LogP contribution in [-0.4, -0.2) is 20.1 Å². The molecule has 1 aromatic carbocycles. The molecule has 0 unspecified atom stereocenters. The van der Waals surface area contributed by atoms with E-state index in [1.54, 1.807) is 0 Å².